The molecule has 8 heterocycles. The molecule has 338 valence electrons. The number of pyridine rings is 5. The smallest absolute Gasteiger partial charge is 0.228 e. The van der Waals surface area contributed by atoms with Gasteiger partial charge in [-0.3, -0.25) is 24.7 Å². The van der Waals surface area contributed by atoms with Crippen molar-refractivity contribution in [2.24, 2.45) is 0 Å². The van der Waals surface area contributed by atoms with Crippen LogP contribution in [-0.2, 0) is 19.4 Å². The molecule has 0 saturated heterocycles. The van der Waals surface area contributed by atoms with E-state index in [0.717, 1.165) is 75.2 Å². The first kappa shape index (κ1) is 45.4. The number of rotatable bonds is 10. The lowest BCUT2D eigenvalue weighted by Gasteiger charge is -2.03. The van der Waals surface area contributed by atoms with Gasteiger partial charge in [0.2, 0.25) is 17.7 Å². The minimum Gasteiger partial charge on any atom is -0.495 e. The Kier molecular flexibility index (Phi) is 14.8. The van der Waals surface area contributed by atoms with Crippen molar-refractivity contribution in [3.05, 3.63) is 187 Å². The van der Waals surface area contributed by atoms with Gasteiger partial charge in [-0.2, -0.15) is 0 Å². The van der Waals surface area contributed by atoms with Crippen LogP contribution in [0, 0.1) is 0 Å². The highest BCUT2D eigenvalue weighted by Gasteiger charge is 2.11. The molecule has 0 fully saturated rings. The highest BCUT2D eigenvalue weighted by molar-refractivity contribution is 5.85. The topological polar surface area (TPSA) is 224 Å². The fourth-order valence-corrected chi connectivity index (χ4v) is 6.52. The molecule has 11 aromatic rings. The number of hydrogen-bond donors (Lipinski definition) is 2. The number of methoxy groups -OCH3 is 2. The summed E-state index contributed by atoms with van der Waals surface area (Å²) >= 11 is 0. The van der Waals surface area contributed by atoms with Gasteiger partial charge >= 0.3 is 0 Å². The van der Waals surface area contributed by atoms with Crippen LogP contribution in [0.25, 0.3) is 67.7 Å². The van der Waals surface area contributed by atoms with Gasteiger partial charge < -0.3 is 33.6 Å². The van der Waals surface area contributed by atoms with Gasteiger partial charge in [-0.05, 0) is 127 Å². The van der Waals surface area contributed by atoms with E-state index in [0.29, 0.717) is 45.7 Å². The average Bonchev–Trinajstić information content (AvgIpc) is 4.17. The summed E-state index contributed by atoms with van der Waals surface area (Å²) in [6.07, 6.45) is 16.1. The summed E-state index contributed by atoms with van der Waals surface area (Å²) in [6, 6.07) is 35.3. The summed E-state index contributed by atoms with van der Waals surface area (Å²) in [7, 11) is 3.23. The van der Waals surface area contributed by atoms with Gasteiger partial charge in [-0.15, -0.1) is 0 Å². The second kappa shape index (κ2) is 22.2. The Hall–Kier alpha value is -9.15. The van der Waals surface area contributed by atoms with Crippen LogP contribution in [0.2, 0.25) is 0 Å². The molecule has 0 saturated carbocycles. The molecule has 0 aliphatic heterocycles. The number of fused-ring (bicyclic) bond motifs is 3. The van der Waals surface area contributed by atoms with Crippen LogP contribution in [0.5, 0.6) is 11.5 Å². The van der Waals surface area contributed by atoms with E-state index >= 15 is 0 Å². The molecule has 8 aromatic heterocycles. The summed E-state index contributed by atoms with van der Waals surface area (Å²) in [5.41, 5.74) is 15.9. The van der Waals surface area contributed by atoms with Crippen LogP contribution in [0.4, 0.5) is 5.82 Å². The van der Waals surface area contributed by atoms with Crippen LogP contribution < -0.4 is 15.2 Å². The third-order valence-electron chi connectivity index (χ3n) is 10.1. The number of aldehydes is 1. The molecule has 68 heavy (non-hydrogen) atoms. The largest absolute Gasteiger partial charge is 0.495 e. The number of nitrogen functional groups attached to an aromatic ring is 1. The number of benzene rings is 3. The van der Waals surface area contributed by atoms with E-state index in [1.165, 1.54) is 5.56 Å². The number of aryl methyl sites for hydroxylation is 2. The van der Waals surface area contributed by atoms with Gasteiger partial charge in [-0.25, -0.2) is 19.9 Å². The summed E-state index contributed by atoms with van der Waals surface area (Å²) in [4.78, 5) is 44.3. The fraction of sp³-hybridized carbons (Fsp3) is 0.0962. The van der Waals surface area contributed by atoms with E-state index in [1.807, 2.05) is 72.8 Å². The highest BCUT2D eigenvalue weighted by atomic mass is 16.5. The minimum absolute atomic E-state index is 0.00499. The Morgan fingerprint density at radius 2 is 1.03 bits per heavy atom. The lowest BCUT2D eigenvalue weighted by molar-refractivity contribution is 0.112. The third kappa shape index (κ3) is 11.7. The first-order valence-electron chi connectivity index (χ1n) is 21.1. The molecule has 0 amide bonds. The molecule has 0 radical (unpaired) electrons. The molecule has 0 unspecified atom stereocenters. The number of hydrogen-bond acceptors (Lipinski definition) is 16. The normalized spacial score (nSPS) is 10.6. The predicted octanol–water partition coefficient (Wildman–Crippen LogP) is 9.84. The highest BCUT2D eigenvalue weighted by Crippen LogP contribution is 2.27. The number of ether oxygens (including phenoxy) is 2. The quantitative estimate of drug-likeness (QED) is 0.122. The minimum atomic E-state index is 0.00499. The summed E-state index contributed by atoms with van der Waals surface area (Å²) in [5, 5.41) is 9.05. The number of aliphatic hydroxyl groups excluding tert-OH is 1. The standard InChI is InChI=1S/C20H17N3O2.C13H10N2O2.C13H8N2O2.C6H8N2O/c1-24-17-8-7-16(22-13-17)6-4-14-5-9-19-18(11-14)23-20(25-19)15-3-2-10-21-12-15;2*16-8-9-3-4-12-11(6-9)15-13(17-12)10-2-1-5-14-7-10;1-9-5-2-3-6(7)8-4-5/h2-3,5,7-13H,4,6H2,1H3;1-7,16H,8H2;1-8H;2-4H,1H3,(H2,7,8). The molecule has 0 spiro atoms. The Bertz CT molecular complexity index is 3330. The zero-order valence-corrected chi connectivity index (χ0v) is 36.8. The van der Waals surface area contributed by atoms with Gasteiger partial charge in [0.25, 0.3) is 0 Å². The maximum absolute atomic E-state index is 10.7. The van der Waals surface area contributed by atoms with Gasteiger partial charge in [-0.1, -0.05) is 12.1 Å². The predicted molar refractivity (Wildman–Crippen MR) is 256 cm³/mol. The molecular weight excluding hydrogens is 863 g/mol. The Balaban J connectivity index is 0.000000129. The number of nitrogens with two attached hydrogens (primary N) is 1. The molecular formula is C52H43N9O7. The van der Waals surface area contributed by atoms with Gasteiger partial charge in [0.15, 0.2) is 16.7 Å². The van der Waals surface area contributed by atoms with Crippen molar-refractivity contribution in [3.63, 3.8) is 0 Å². The summed E-state index contributed by atoms with van der Waals surface area (Å²) in [5.74, 6) is 3.66. The van der Waals surface area contributed by atoms with Crippen LogP contribution in [-0.4, -0.2) is 65.5 Å². The second-order valence-corrected chi connectivity index (χ2v) is 14.7. The molecule has 11 rings (SSSR count). The molecule has 3 N–H and O–H groups in total. The molecule has 0 bridgehead atoms. The van der Waals surface area contributed by atoms with E-state index in [4.69, 9.17) is 33.6 Å². The zero-order chi connectivity index (χ0) is 47.1. The van der Waals surface area contributed by atoms with E-state index in [2.05, 4.69) is 52.0 Å². The van der Waals surface area contributed by atoms with Crippen molar-refractivity contribution in [2.45, 2.75) is 19.4 Å². The Morgan fingerprint density at radius 1 is 0.544 bits per heavy atom. The number of aliphatic hydroxyl groups is 1. The summed E-state index contributed by atoms with van der Waals surface area (Å²) in [6.45, 7) is 0.00499. The molecule has 0 atom stereocenters. The number of aromatic nitrogens is 8. The van der Waals surface area contributed by atoms with E-state index < -0.39 is 0 Å². The first-order chi connectivity index (χ1) is 33.4. The number of anilines is 1. The molecule has 0 aliphatic rings. The van der Waals surface area contributed by atoms with Crippen molar-refractivity contribution >= 4 is 45.4 Å². The van der Waals surface area contributed by atoms with Crippen molar-refractivity contribution in [1.29, 1.82) is 0 Å². The van der Waals surface area contributed by atoms with Crippen molar-refractivity contribution < 1.29 is 32.6 Å². The number of carbonyl (C=O) groups excluding carboxylic acids is 1. The fourth-order valence-electron chi connectivity index (χ4n) is 6.52. The van der Waals surface area contributed by atoms with Crippen molar-refractivity contribution in [1.82, 2.24) is 39.9 Å². The van der Waals surface area contributed by atoms with Gasteiger partial charge in [0.1, 0.15) is 40.2 Å². The van der Waals surface area contributed by atoms with E-state index in [9.17, 15) is 4.79 Å². The van der Waals surface area contributed by atoms with Crippen LogP contribution in [0.3, 0.4) is 0 Å². The monoisotopic (exact) mass is 905 g/mol. The molecule has 3 aromatic carbocycles. The van der Waals surface area contributed by atoms with Crippen LogP contribution in [0.15, 0.2) is 178 Å². The first-order valence-corrected chi connectivity index (χ1v) is 21.1. The van der Waals surface area contributed by atoms with Crippen LogP contribution in [0.1, 0.15) is 27.2 Å². The van der Waals surface area contributed by atoms with Gasteiger partial charge in [0, 0.05) is 48.4 Å². The zero-order valence-electron chi connectivity index (χ0n) is 36.8. The molecule has 16 heteroatoms. The second-order valence-electron chi connectivity index (χ2n) is 14.7. The van der Waals surface area contributed by atoms with E-state index in [1.54, 1.807) is 94.1 Å². The summed E-state index contributed by atoms with van der Waals surface area (Å²) < 4.78 is 27.0. The molecule has 16 nitrogen and oxygen atoms in total. The third-order valence-corrected chi connectivity index (χ3v) is 10.1. The Labute approximate surface area is 389 Å². The lowest BCUT2D eigenvalue weighted by Crippen LogP contribution is -1.95. The van der Waals surface area contributed by atoms with Crippen LogP contribution >= 0.6 is 0 Å². The van der Waals surface area contributed by atoms with E-state index in [-0.39, 0.29) is 6.61 Å². The maximum Gasteiger partial charge on any atom is 0.228 e. The maximum atomic E-state index is 10.7. The van der Waals surface area contributed by atoms with Crippen molar-refractivity contribution in [3.8, 4) is 45.9 Å². The molecule has 0 aliphatic carbocycles. The Morgan fingerprint density at radius 3 is 1.47 bits per heavy atom. The number of nitrogens with zero attached hydrogens (tertiary/aromatic N) is 8. The number of oxazole rings is 3. The van der Waals surface area contributed by atoms with Gasteiger partial charge in [0.05, 0.1) is 49.9 Å². The SMILES string of the molecule is COc1ccc(CCc2ccc3oc(-c4cccnc4)nc3c2)nc1.COc1ccc(N)nc1.O=Cc1ccc2oc(-c3cccnc3)nc2c1.OCc1ccc2oc(-c3cccnc3)nc2c1. The number of carbonyl (C=O) groups is 1. The average molecular weight is 906 g/mol. The van der Waals surface area contributed by atoms with Crippen molar-refractivity contribution in [2.75, 3.05) is 20.0 Å². The lowest BCUT2D eigenvalue weighted by atomic mass is 10.1.